The van der Waals surface area contributed by atoms with Gasteiger partial charge in [-0.25, -0.2) is 87.8 Å². The summed E-state index contributed by atoms with van der Waals surface area (Å²) in [6.45, 7) is 0. The van der Waals surface area contributed by atoms with Gasteiger partial charge in [-0.2, -0.15) is 0 Å². The average Bonchev–Trinajstić information content (AvgIpc) is 3.00. The summed E-state index contributed by atoms with van der Waals surface area (Å²) in [6.07, 6.45) is -7.22. The summed E-state index contributed by atoms with van der Waals surface area (Å²) >= 11 is 0. The van der Waals surface area contributed by atoms with E-state index in [1.165, 1.54) is 0 Å². The Morgan fingerprint density at radius 2 is 0.261 bits per heavy atom. The van der Waals surface area contributed by atoms with E-state index in [2.05, 4.69) is 0 Å². The van der Waals surface area contributed by atoms with Crippen LogP contribution >= 0.6 is 0 Å². The van der Waals surface area contributed by atoms with Crippen LogP contribution in [0.2, 0.25) is 0 Å². The molecule has 0 heterocycles. The van der Waals surface area contributed by atoms with Crippen molar-refractivity contribution >= 4 is 28.0 Å². The second-order valence-electron chi connectivity index (χ2n) is 8.80. The van der Waals surface area contributed by atoms with Crippen molar-refractivity contribution in [3.05, 3.63) is 116 Å². The molecule has 0 aromatic heterocycles. The standard InChI is InChI=1S/C24BF20.Rb/c26-5-1(6(27)14(35)21(42)13(5)34)25(2-7(28)15(36)22(43)16(37)8(2)29,3-9(30)17(38)23(44)18(39)10(3)31)4-11(32)19(40)24(45)20(41)12(4)33;/q-1;+1. The summed E-state index contributed by atoms with van der Waals surface area (Å²) in [5, 5.41) is 0. The quantitative estimate of drug-likeness (QED) is 0.130. The minimum atomic E-state index is -7.22. The number of rotatable bonds is 4. The SMILES string of the molecule is Fc1c(F)c(F)c([B-](c2c(F)c(F)c(F)c(F)c2F)(c2c(F)c(F)c(F)c(F)c2F)c2c(F)c(F)c(F)c(F)c2F)c(F)c1F.[Rb+]. The van der Waals surface area contributed by atoms with Crippen molar-refractivity contribution in [2.75, 3.05) is 0 Å². The topological polar surface area (TPSA) is 0 Å². The Balaban J connectivity index is 0.00000576. The van der Waals surface area contributed by atoms with Gasteiger partial charge in [0, 0.05) is 0 Å². The summed E-state index contributed by atoms with van der Waals surface area (Å²) in [6, 6.07) is 0. The van der Waals surface area contributed by atoms with Gasteiger partial charge in [0.05, 0.1) is 0 Å². The van der Waals surface area contributed by atoms with E-state index in [9.17, 15) is 52.7 Å². The zero-order chi connectivity index (χ0) is 34.4. The van der Waals surface area contributed by atoms with E-state index < -0.39 is 144 Å². The van der Waals surface area contributed by atoms with Crippen LogP contribution in [0.3, 0.4) is 0 Å². The maximum Gasteiger partial charge on any atom is 1.00 e. The predicted octanol–water partition coefficient (Wildman–Crippen LogP) is 2.85. The molecular weight excluding hydrogens is 765 g/mol. The van der Waals surface area contributed by atoms with E-state index >= 15 is 35.1 Å². The minimum Gasteiger partial charge on any atom is -0.207 e. The van der Waals surface area contributed by atoms with Gasteiger partial charge in [-0.1, -0.05) is 0 Å². The van der Waals surface area contributed by atoms with Gasteiger partial charge in [0.2, 0.25) is 0 Å². The van der Waals surface area contributed by atoms with E-state index in [-0.39, 0.29) is 58.2 Å². The molecule has 0 fully saturated rings. The number of hydrogen-bond acceptors (Lipinski definition) is 0. The first kappa shape index (κ1) is 37.8. The Morgan fingerprint density at radius 1 is 0.174 bits per heavy atom. The van der Waals surface area contributed by atoms with Gasteiger partial charge in [-0.05, 0) is 0 Å². The third-order valence-electron chi connectivity index (χ3n) is 6.71. The van der Waals surface area contributed by atoms with Gasteiger partial charge >= 0.3 is 58.2 Å². The van der Waals surface area contributed by atoms with Crippen LogP contribution in [0.4, 0.5) is 87.8 Å². The summed E-state index contributed by atoms with van der Waals surface area (Å²) in [5.74, 6) is -71.4. The Kier molecular flexibility index (Phi) is 10.5. The Morgan fingerprint density at radius 3 is 0.370 bits per heavy atom. The Hall–Kier alpha value is -2.65. The van der Waals surface area contributed by atoms with Crippen molar-refractivity contribution in [3.63, 3.8) is 0 Å². The molecule has 0 amide bonds. The number of hydrogen-bond donors (Lipinski definition) is 0. The Bertz CT molecular complexity index is 1580. The van der Waals surface area contributed by atoms with Crippen LogP contribution in [0, 0.1) is 116 Å². The van der Waals surface area contributed by atoms with Crippen molar-refractivity contribution in [2.45, 2.75) is 0 Å². The molecular formula is C24BF20Rb. The van der Waals surface area contributed by atoms with E-state index in [1.54, 1.807) is 0 Å². The third-order valence-corrected chi connectivity index (χ3v) is 6.71. The third kappa shape index (κ3) is 4.89. The summed E-state index contributed by atoms with van der Waals surface area (Å²) in [4.78, 5) is 0. The maximum atomic E-state index is 15.4. The van der Waals surface area contributed by atoms with Crippen LogP contribution < -0.4 is 80.0 Å². The molecule has 0 N–H and O–H groups in total. The maximum absolute atomic E-state index is 15.4. The molecule has 4 aromatic rings. The second-order valence-corrected chi connectivity index (χ2v) is 8.80. The fourth-order valence-electron chi connectivity index (χ4n) is 4.87. The molecule has 46 heavy (non-hydrogen) atoms. The van der Waals surface area contributed by atoms with Gasteiger partial charge in [0.25, 0.3) is 0 Å². The molecule has 0 unspecified atom stereocenters. The molecule has 0 bridgehead atoms. The second kappa shape index (κ2) is 12.8. The molecule has 0 aliphatic rings. The van der Waals surface area contributed by atoms with Crippen LogP contribution in [0.25, 0.3) is 0 Å². The van der Waals surface area contributed by atoms with Crippen LogP contribution in [0.5, 0.6) is 0 Å². The predicted molar refractivity (Wildman–Crippen MR) is 109 cm³/mol. The van der Waals surface area contributed by atoms with Crippen LogP contribution in [-0.4, -0.2) is 6.15 Å². The van der Waals surface area contributed by atoms with Gasteiger partial charge in [-0.3, -0.25) is 0 Å². The van der Waals surface area contributed by atoms with E-state index in [0.29, 0.717) is 0 Å². The molecule has 0 nitrogen and oxygen atoms in total. The molecule has 0 spiro atoms. The van der Waals surface area contributed by atoms with Crippen molar-refractivity contribution in [2.24, 2.45) is 0 Å². The van der Waals surface area contributed by atoms with Gasteiger partial charge < -0.3 is 0 Å². The zero-order valence-corrected chi connectivity index (χ0v) is 26.1. The summed E-state index contributed by atoms with van der Waals surface area (Å²) in [5.41, 5.74) is -14.3. The molecule has 4 rings (SSSR count). The van der Waals surface area contributed by atoms with E-state index in [0.717, 1.165) is 0 Å². The first-order valence-electron chi connectivity index (χ1n) is 10.9. The molecule has 0 atom stereocenters. The summed E-state index contributed by atoms with van der Waals surface area (Å²) < 4.78 is 294. The average molecular weight is 765 g/mol. The molecule has 0 aliphatic carbocycles. The molecule has 0 radical (unpaired) electrons. The van der Waals surface area contributed by atoms with Crippen molar-refractivity contribution in [1.29, 1.82) is 0 Å². The van der Waals surface area contributed by atoms with Crippen molar-refractivity contribution in [3.8, 4) is 0 Å². The number of benzene rings is 4. The molecule has 0 saturated carbocycles. The van der Waals surface area contributed by atoms with Crippen molar-refractivity contribution in [1.82, 2.24) is 0 Å². The van der Waals surface area contributed by atoms with Gasteiger partial charge in [0.15, 0.2) is 69.8 Å². The normalized spacial score (nSPS) is 11.7. The first-order chi connectivity index (χ1) is 20.7. The van der Waals surface area contributed by atoms with Crippen molar-refractivity contribution < 1.29 is 146 Å². The molecule has 22 heteroatoms. The Labute approximate surface area is 288 Å². The molecule has 0 saturated heterocycles. The smallest absolute Gasteiger partial charge is 0.207 e. The first-order valence-corrected chi connectivity index (χ1v) is 10.9. The fourth-order valence-corrected chi connectivity index (χ4v) is 4.87. The fraction of sp³-hybridized carbons (Fsp3) is 0. The zero-order valence-electron chi connectivity index (χ0n) is 21.1. The van der Waals surface area contributed by atoms with Crippen LogP contribution in [0.15, 0.2) is 0 Å². The molecule has 240 valence electrons. The van der Waals surface area contributed by atoms with Gasteiger partial charge in [0.1, 0.15) is 52.7 Å². The van der Waals surface area contributed by atoms with Crippen LogP contribution in [0.1, 0.15) is 0 Å². The monoisotopic (exact) mass is 764 g/mol. The summed E-state index contributed by atoms with van der Waals surface area (Å²) in [7, 11) is 0. The largest absolute Gasteiger partial charge is 1.00 e. The van der Waals surface area contributed by atoms with E-state index in [4.69, 9.17) is 0 Å². The van der Waals surface area contributed by atoms with Crippen LogP contribution in [-0.2, 0) is 0 Å². The minimum absolute atomic E-state index is 0. The molecule has 4 aromatic carbocycles. The molecule has 0 aliphatic heterocycles. The number of halogens is 20. The van der Waals surface area contributed by atoms with E-state index in [1.807, 2.05) is 0 Å². The van der Waals surface area contributed by atoms with Gasteiger partial charge in [-0.15, -0.1) is 21.9 Å².